The van der Waals surface area contributed by atoms with Crippen LogP contribution in [0.2, 0.25) is 0 Å². The lowest BCUT2D eigenvalue weighted by atomic mass is 10.4. The van der Waals surface area contributed by atoms with Crippen LogP contribution in [0.1, 0.15) is 14.7 Å². The second-order valence-electron chi connectivity index (χ2n) is 1.87. The summed E-state index contributed by atoms with van der Waals surface area (Å²) >= 11 is 1.49. The molecule has 4 heteroatoms. The summed E-state index contributed by atoms with van der Waals surface area (Å²) in [7, 11) is 0. The first-order valence-corrected chi connectivity index (χ1v) is 4.19. The zero-order chi connectivity index (χ0) is 8.69. The Balaban J connectivity index is 3.17. The minimum absolute atomic E-state index is 0.398. The third-order valence-corrected chi connectivity index (χ3v) is 2.08. The third-order valence-electron chi connectivity index (χ3n) is 0.903. The average Bonchev–Trinajstić information content (AvgIpc) is 1.97. The van der Waals surface area contributed by atoms with Gasteiger partial charge in [0.25, 0.3) is 0 Å². The van der Waals surface area contributed by atoms with Crippen LogP contribution in [0.5, 0.6) is 0 Å². The molecule has 0 aliphatic heterocycles. The van der Waals surface area contributed by atoms with Crippen molar-refractivity contribution < 1.29 is 11.3 Å². The van der Waals surface area contributed by atoms with E-state index in [2.05, 4.69) is 0 Å². The normalized spacial score (nSPS) is 14.3. The maximum absolute atomic E-state index is 10.2. The lowest BCUT2D eigenvalue weighted by Crippen LogP contribution is -2.32. The molecule has 0 saturated heterocycles. The van der Waals surface area contributed by atoms with Crippen LogP contribution in [0.4, 0.5) is 0 Å². The number of hydrogen-bond donors (Lipinski definition) is 2. The van der Waals surface area contributed by atoms with E-state index in [1.54, 1.807) is 0 Å². The van der Waals surface area contributed by atoms with Crippen LogP contribution in [0.15, 0.2) is 0 Å². The number of carbonyl (C=O) groups is 1. The first-order chi connectivity index (χ1) is 5.18. The van der Waals surface area contributed by atoms with Gasteiger partial charge >= 0.3 is 5.97 Å². The molecule has 3 nitrogen and oxygen atoms in total. The van der Waals surface area contributed by atoms with Crippen LogP contribution in [0, 0.1) is 0 Å². The topological polar surface area (TPSA) is 63.3 Å². The number of aliphatic carboxylic acids is 1. The Labute approximate surface area is 66.4 Å². The first kappa shape index (κ1) is 7.88. The van der Waals surface area contributed by atoms with Crippen molar-refractivity contribution in [2.24, 2.45) is 5.73 Å². The quantitative estimate of drug-likeness (QED) is 0.582. The van der Waals surface area contributed by atoms with Crippen LogP contribution in [-0.2, 0) is 4.79 Å². The Bertz CT molecular complexity index is 123. The van der Waals surface area contributed by atoms with E-state index in [-0.39, 0.29) is 0 Å². The molecule has 0 amide bonds. The maximum atomic E-state index is 10.2. The Morgan fingerprint density at radius 2 is 2.70 bits per heavy atom. The predicted molar refractivity (Wildman–Crippen MR) is 43.2 cm³/mol. The summed E-state index contributed by atoms with van der Waals surface area (Å²) in [4.78, 5) is 10.2. The van der Waals surface area contributed by atoms with Crippen molar-refractivity contribution in [1.29, 1.82) is 0 Å². The highest BCUT2D eigenvalue weighted by atomic mass is 32.2. The van der Waals surface area contributed by atoms with Crippen LogP contribution in [0.25, 0.3) is 0 Å². The fourth-order valence-corrected chi connectivity index (χ4v) is 1.15. The van der Waals surface area contributed by atoms with Crippen LogP contribution in [0.3, 0.4) is 0 Å². The molecular formula is C6H13NO2S. The van der Waals surface area contributed by atoms with Crippen molar-refractivity contribution in [2.45, 2.75) is 19.4 Å². The molecular weight excluding hydrogens is 150 g/mol. The largest absolute Gasteiger partial charge is 0.480 e. The van der Waals surface area contributed by atoms with Crippen molar-refractivity contribution in [3.05, 3.63) is 0 Å². The van der Waals surface area contributed by atoms with Crippen LogP contribution < -0.4 is 5.73 Å². The molecule has 0 rings (SSSR count). The van der Waals surface area contributed by atoms with Gasteiger partial charge in [0.1, 0.15) is 6.04 Å². The van der Waals surface area contributed by atoms with Crippen LogP contribution >= 0.6 is 11.8 Å². The highest BCUT2D eigenvalue weighted by molar-refractivity contribution is 7.99. The molecule has 0 aliphatic carbocycles. The van der Waals surface area contributed by atoms with E-state index in [1.165, 1.54) is 11.8 Å². The summed E-state index contributed by atoms with van der Waals surface area (Å²) in [6.07, 6.45) is 0.803. The Morgan fingerprint density at radius 3 is 3.20 bits per heavy atom. The average molecular weight is 164 g/mol. The number of rotatable bonds is 5. The minimum Gasteiger partial charge on any atom is -0.480 e. The van der Waals surface area contributed by atoms with Gasteiger partial charge in [-0.15, -0.1) is 0 Å². The zero-order valence-corrected chi connectivity index (χ0v) is 6.56. The van der Waals surface area contributed by atoms with Crippen molar-refractivity contribution in [3.63, 3.8) is 0 Å². The molecule has 60 valence electrons. The van der Waals surface area contributed by atoms with Crippen molar-refractivity contribution in [1.82, 2.24) is 0 Å². The lowest BCUT2D eigenvalue weighted by Gasteiger charge is -2.03. The Hall–Kier alpha value is -0.220. The molecule has 0 fully saturated rings. The molecule has 0 saturated carbocycles. The Kier molecular flexibility index (Phi) is 4.38. The van der Waals surface area contributed by atoms with Gasteiger partial charge in [-0.3, -0.25) is 4.79 Å². The van der Waals surface area contributed by atoms with Crippen LogP contribution in [-0.4, -0.2) is 28.6 Å². The van der Waals surface area contributed by atoms with Gasteiger partial charge in [0.15, 0.2) is 0 Å². The first-order valence-electron chi connectivity index (χ1n) is 3.74. The predicted octanol–water partition coefficient (Wildman–Crippen LogP) is 0.541. The molecule has 0 heterocycles. The number of carboxylic acids is 1. The highest BCUT2D eigenvalue weighted by Crippen LogP contribution is 2.02. The SMILES string of the molecule is [2H]CCCSC[C@H](N)C(=O)O. The highest BCUT2D eigenvalue weighted by Gasteiger charge is 2.09. The summed E-state index contributed by atoms with van der Waals surface area (Å²) in [6, 6.07) is -0.759. The zero-order valence-electron chi connectivity index (χ0n) is 6.75. The van der Waals surface area contributed by atoms with E-state index in [0.717, 1.165) is 12.2 Å². The molecule has 0 radical (unpaired) electrons. The van der Waals surface area contributed by atoms with Gasteiger partial charge in [-0.2, -0.15) is 11.8 Å². The molecule has 0 aromatic carbocycles. The van der Waals surface area contributed by atoms with Crippen molar-refractivity contribution in [2.75, 3.05) is 11.5 Å². The molecule has 0 unspecified atom stereocenters. The summed E-state index contributed by atoms with van der Waals surface area (Å²) in [5.74, 6) is 0.308. The number of hydrogen-bond acceptors (Lipinski definition) is 3. The number of carboxylic acid groups (broad SMARTS) is 1. The lowest BCUT2D eigenvalue weighted by molar-refractivity contribution is -0.137. The second kappa shape index (κ2) is 5.56. The summed E-state index contributed by atoms with van der Waals surface area (Å²) in [5.41, 5.74) is 5.23. The molecule has 3 N–H and O–H groups in total. The molecule has 0 aromatic heterocycles. The standard InChI is InChI=1S/C6H13NO2S/c1-2-3-10-4-5(7)6(8)9/h5H,2-4,7H2,1H3,(H,8,9)/t5-/m0/s1/i1D. The van der Waals surface area contributed by atoms with E-state index in [0.29, 0.717) is 12.7 Å². The summed E-state index contributed by atoms with van der Waals surface area (Å²) in [5, 5.41) is 8.36. The molecule has 0 aliphatic rings. The summed E-state index contributed by atoms with van der Waals surface area (Å²) < 4.78 is 6.81. The molecule has 10 heavy (non-hydrogen) atoms. The van der Waals surface area contributed by atoms with Gasteiger partial charge in [-0.25, -0.2) is 0 Å². The van der Waals surface area contributed by atoms with Gasteiger partial charge in [0.2, 0.25) is 0 Å². The molecule has 0 spiro atoms. The van der Waals surface area contributed by atoms with Gasteiger partial charge in [0, 0.05) is 7.12 Å². The fraction of sp³-hybridized carbons (Fsp3) is 0.833. The minimum atomic E-state index is -0.955. The van der Waals surface area contributed by atoms with Gasteiger partial charge in [-0.1, -0.05) is 6.90 Å². The van der Waals surface area contributed by atoms with Gasteiger partial charge < -0.3 is 10.8 Å². The molecule has 0 bridgehead atoms. The van der Waals surface area contributed by atoms with Gasteiger partial charge in [0.05, 0.1) is 0 Å². The fourth-order valence-electron chi connectivity index (χ4n) is 0.384. The monoisotopic (exact) mass is 164 g/mol. The molecule has 1 atom stereocenters. The maximum Gasteiger partial charge on any atom is 0.321 e. The number of nitrogens with two attached hydrogens (primary N) is 1. The van der Waals surface area contributed by atoms with Gasteiger partial charge in [-0.05, 0) is 12.2 Å². The van der Waals surface area contributed by atoms with Crippen molar-refractivity contribution >= 4 is 17.7 Å². The van der Waals surface area contributed by atoms with Crippen molar-refractivity contribution in [3.8, 4) is 0 Å². The van der Waals surface area contributed by atoms with E-state index < -0.39 is 12.0 Å². The summed E-state index contributed by atoms with van der Waals surface area (Å²) in [6.45, 7) is 0.398. The molecule has 0 aromatic rings. The van der Waals surface area contributed by atoms with E-state index in [9.17, 15) is 4.79 Å². The second-order valence-corrected chi connectivity index (χ2v) is 3.02. The van der Waals surface area contributed by atoms with E-state index in [4.69, 9.17) is 12.2 Å². The van der Waals surface area contributed by atoms with E-state index in [1.807, 2.05) is 0 Å². The smallest absolute Gasteiger partial charge is 0.321 e. The van der Waals surface area contributed by atoms with E-state index >= 15 is 0 Å². The number of thioether (sulfide) groups is 1. The Morgan fingerprint density at radius 1 is 2.00 bits per heavy atom. The third kappa shape index (κ3) is 4.64.